The molecule has 2 aromatic heterocycles. The predicted octanol–water partition coefficient (Wildman–Crippen LogP) is 5.54. The Labute approximate surface area is 169 Å². The number of carbonyl (C=O) groups excluding carboxylic acids is 1. The molecular formula is C21H16FN3OS2. The number of nitrogens with one attached hydrogen (secondary N) is 1. The van der Waals surface area contributed by atoms with Gasteiger partial charge in [-0.1, -0.05) is 48.2 Å². The molecule has 2 heterocycles. The zero-order valence-electron chi connectivity index (χ0n) is 15.0. The quantitative estimate of drug-likeness (QED) is 0.347. The summed E-state index contributed by atoms with van der Waals surface area (Å²) in [6, 6.07) is 16.8. The van der Waals surface area contributed by atoms with Crippen molar-refractivity contribution in [2.24, 2.45) is 0 Å². The highest BCUT2D eigenvalue weighted by molar-refractivity contribution is 8.00. The average molecular weight is 410 g/mol. The Morgan fingerprint density at radius 1 is 1.14 bits per heavy atom. The van der Waals surface area contributed by atoms with E-state index in [2.05, 4.69) is 33.5 Å². The van der Waals surface area contributed by atoms with Crippen molar-refractivity contribution in [3.05, 3.63) is 72.3 Å². The van der Waals surface area contributed by atoms with Crippen molar-refractivity contribution in [3.63, 3.8) is 0 Å². The monoisotopic (exact) mass is 409 g/mol. The van der Waals surface area contributed by atoms with Crippen LogP contribution in [-0.2, 0) is 4.79 Å². The Hall–Kier alpha value is -2.77. The van der Waals surface area contributed by atoms with Gasteiger partial charge in [0, 0.05) is 10.3 Å². The van der Waals surface area contributed by atoms with E-state index in [-0.39, 0.29) is 17.3 Å². The Bertz CT molecular complexity index is 1150. The molecule has 0 saturated heterocycles. The summed E-state index contributed by atoms with van der Waals surface area (Å²) in [6.45, 7) is 1.80. The lowest BCUT2D eigenvalue weighted by molar-refractivity contribution is -0.113. The summed E-state index contributed by atoms with van der Waals surface area (Å²) in [7, 11) is 0. The highest BCUT2D eigenvalue weighted by atomic mass is 32.2. The fourth-order valence-corrected chi connectivity index (χ4v) is 4.58. The lowest BCUT2D eigenvalue weighted by Gasteiger charge is -2.07. The zero-order valence-corrected chi connectivity index (χ0v) is 16.6. The molecule has 4 rings (SSSR count). The van der Waals surface area contributed by atoms with E-state index in [0.717, 1.165) is 31.2 Å². The van der Waals surface area contributed by atoms with Crippen molar-refractivity contribution in [2.45, 2.75) is 11.9 Å². The molecule has 1 amide bonds. The summed E-state index contributed by atoms with van der Waals surface area (Å²) >= 11 is 2.91. The van der Waals surface area contributed by atoms with E-state index in [1.54, 1.807) is 30.4 Å². The Kier molecular flexibility index (Phi) is 5.36. The molecule has 0 aliphatic rings. The van der Waals surface area contributed by atoms with Crippen molar-refractivity contribution >= 4 is 44.9 Å². The fourth-order valence-electron chi connectivity index (χ4n) is 2.74. The molecule has 28 heavy (non-hydrogen) atoms. The van der Waals surface area contributed by atoms with E-state index in [4.69, 9.17) is 0 Å². The largest absolute Gasteiger partial charge is 0.323 e. The molecule has 7 heteroatoms. The number of rotatable bonds is 5. The lowest BCUT2D eigenvalue weighted by Crippen LogP contribution is -2.15. The van der Waals surface area contributed by atoms with Crippen LogP contribution in [0.1, 0.15) is 5.56 Å². The van der Waals surface area contributed by atoms with Gasteiger partial charge >= 0.3 is 0 Å². The molecule has 0 spiro atoms. The van der Waals surface area contributed by atoms with E-state index in [9.17, 15) is 9.18 Å². The van der Waals surface area contributed by atoms with E-state index >= 15 is 0 Å². The van der Waals surface area contributed by atoms with Crippen LogP contribution in [0, 0.1) is 12.7 Å². The summed E-state index contributed by atoms with van der Waals surface area (Å²) < 4.78 is 13.9. The first-order chi connectivity index (χ1) is 13.6. The van der Waals surface area contributed by atoms with Gasteiger partial charge in [0.25, 0.3) is 0 Å². The summed E-state index contributed by atoms with van der Waals surface area (Å²) in [6.07, 6.45) is 1.51. The standard InChI is InChI=1S/C21H16FN3OS2/c1-13-7-8-17(16(22)9-13)25-19(26)11-27-20-15-10-18(14-5-3-2-4-6-14)28-21(15)24-12-23-20/h2-10,12H,11H2,1H3,(H,25,26). The fraction of sp³-hybridized carbons (Fsp3) is 0.0952. The van der Waals surface area contributed by atoms with Crippen LogP contribution in [0.25, 0.3) is 20.7 Å². The van der Waals surface area contributed by atoms with Crippen molar-refractivity contribution in [1.82, 2.24) is 9.97 Å². The van der Waals surface area contributed by atoms with Crippen molar-refractivity contribution in [2.75, 3.05) is 11.1 Å². The summed E-state index contributed by atoms with van der Waals surface area (Å²) in [5.41, 5.74) is 2.11. The maximum atomic E-state index is 13.9. The molecular weight excluding hydrogens is 393 g/mol. The van der Waals surface area contributed by atoms with E-state index in [1.807, 2.05) is 18.2 Å². The van der Waals surface area contributed by atoms with E-state index in [1.165, 1.54) is 24.2 Å². The molecule has 2 aromatic carbocycles. The van der Waals surface area contributed by atoms with Gasteiger partial charge in [0.15, 0.2) is 0 Å². The van der Waals surface area contributed by atoms with Gasteiger partial charge in [-0.2, -0.15) is 0 Å². The van der Waals surface area contributed by atoms with Gasteiger partial charge in [0.2, 0.25) is 5.91 Å². The summed E-state index contributed by atoms with van der Waals surface area (Å²) in [5, 5.41) is 4.27. The molecule has 0 atom stereocenters. The summed E-state index contributed by atoms with van der Waals surface area (Å²) in [4.78, 5) is 22.9. The van der Waals surface area contributed by atoms with Gasteiger partial charge in [0.1, 0.15) is 22.0 Å². The number of hydrogen-bond acceptors (Lipinski definition) is 5. The van der Waals surface area contributed by atoms with Crippen molar-refractivity contribution in [1.29, 1.82) is 0 Å². The third kappa shape index (κ3) is 4.05. The number of thiophene rings is 1. The molecule has 0 aliphatic heterocycles. The number of hydrogen-bond donors (Lipinski definition) is 1. The minimum Gasteiger partial charge on any atom is -0.323 e. The molecule has 0 unspecified atom stereocenters. The number of thioether (sulfide) groups is 1. The number of benzene rings is 2. The number of carbonyl (C=O) groups is 1. The molecule has 0 radical (unpaired) electrons. The van der Waals surface area contributed by atoms with Crippen LogP contribution < -0.4 is 5.32 Å². The number of amides is 1. The van der Waals surface area contributed by atoms with Crippen LogP contribution in [-0.4, -0.2) is 21.6 Å². The second kappa shape index (κ2) is 8.08. The Morgan fingerprint density at radius 3 is 2.75 bits per heavy atom. The van der Waals surface area contributed by atoms with Crippen LogP contribution in [0.5, 0.6) is 0 Å². The number of aryl methyl sites for hydroxylation is 1. The predicted molar refractivity (Wildman–Crippen MR) is 113 cm³/mol. The summed E-state index contributed by atoms with van der Waals surface area (Å²) in [5.74, 6) is -0.582. The Balaban J connectivity index is 1.50. The third-order valence-electron chi connectivity index (χ3n) is 4.09. The van der Waals surface area contributed by atoms with Crippen LogP contribution in [0.2, 0.25) is 0 Å². The van der Waals surface area contributed by atoms with Crippen molar-refractivity contribution < 1.29 is 9.18 Å². The Morgan fingerprint density at radius 2 is 1.96 bits per heavy atom. The maximum absolute atomic E-state index is 13.9. The molecule has 0 fully saturated rings. The van der Waals surface area contributed by atoms with Crippen molar-refractivity contribution in [3.8, 4) is 10.4 Å². The van der Waals surface area contributed by atoms with Gasteiger partial charge in [-0.05, 0) is 36.2 Å². The number of nitrogens with zero attached hydrogens (tertiary/aromatic N) is 2. The first-order valence-corrected chi connectivity index (χ1v) is 10.4. The molecule has 0 aliphatic carbocycles. The molecule has 1 N–H and O–H groups in total. The first-order valence-electron chi connectivity index (χ1n) is 8.59. The first kappa shape index (κ1) is 18.6. The van der Waals surface area contributed by atoms with E-state index < -0.39 is 5.82 Å². The molecule has 140 valence electrons. The SMILES string of the molecule is Cc1ccc(NC(=O)CSc2ncnc3sc(-c4ccccc4)cc23)c(F)c1. The number of fused-ring (bicyclic) bond motifs is 1. The average Bonchev–Trinajstić information content (AvgIpc) is 3.14. The second-order valence-electron chi connectivity index (χ2n) is 6.19. The normalized spacial score (nSPS) is 10.9. The van der Waals surface area contributed by atoms with Gasteiger partial charge in [-0.3, -0.25) is 4.79 Å². The highest BCUT2D eigenvalue weighted by Crippen LogP contribution is 2.36. The number of halogens is 1. The third-order valence-corrected chi connectivity index (χ3v) is 6.19. The number of anilines is 1. The highest BCUT2D eigenvalue weighted by Gasteiger charge is 2.13. The van der Waals surface area contributed by atoms with Crippen LogP contribution >= 0.6 is 23.1 Å². The topological polar surface area (TPSA) is 54.9 Å². The molecule has 0 bridgehead atoms. The minimum absolute atomic E-state index is 0.135. The number of aromatic nitrogens is 2. The van der Waals surface area contributed by atoms with E-state index in [0.29, 0.717) is 0 Å². The van der Waals surface area contributed by atoms with Crippen LogP contribution in [0.4, 0.5) is 10.1 Å². The van der Waals surface area contributed by atoms with Gasteiger partial charge in [-0.15, -0.1) is 11.3 Å². The smallest absolute Gasteiger partial charge is 0.234 e. The van der Waals surface area contributed by atoms with Gasteiger partial charge in [-0.25, -0.2) is 14.4 Å². The molecule has 4 nitrogen and oxygen atoms in total. The molecule has 4 aromatic rings. The zero-order chi connectivity index (χ0) is 19.5. The van der Waals surface area contributed by atoms with Crippen LogP contribution in [0.3, 0.4) is 0 Å². The van der Waals surface area contributed by atoms with Gasteiger partial charge in [0.05, 0.1) is 11.4 Å². The second-order valence-corrected chi connectivity index (χ2v) is 8.19. The molecule has 0 saturated carbocycles. The van der Waals surface area contributed by atoms with Gasteiger partial charge < -0.3 is 5.32 Å². The van der Waals surface area contributed by atoms with Crippen LogP contribution in [0.15, 0.2) is 66.0 Å². The maximum Gasteiger partial charge on any atom is 0.234 e. The lowest BCUT2D eigenvalue weighted by atomic mass is 10.2. The minimum atomic E-state index is -0.437.